The van der Waals surface area contributed by atoms with Gasteiger partial charge in [-0.2, -0.15) is 0 Å². The molecule has 4 nitrogen and oxygen atoms in total. The van der Waals surface area contributed by atoms with E-state index in [0.717, 1.165) is 35.2 Å². The lowest BCUT2D eigenvalue weighted by molar-refractivity contribution is 0.581. The summed E-state index contributed by atoms with van der Waals surface area (Å²) >= 11 is 0. The minimum absolute atomic E-state index is 0.269. The highest BCUT2D eigenvalue weighted by atomic mass is 32.2. The van der Waals surface area contributed by atoms with Crippen molar-refractivity contribution in [1.82, 2.24) is 9.71 Å². The third-order valence-electron chi connectivity index (χ3n) is 3.78. The fraction of sp³-hybridized carbons (Fsp3) is 0.316. The molecule has 0 amide bonds. The van der Waals surface area contributed by atoms with Crippen molar-refractivity contribution in [3.8, 4) is 0 Å². The van der Waals surface area contributed by atoms with Crippen LogP contribution < -0.4 is 4.72 Å². The molecule has 0 saturated carbocycles. The zero-order chi connectivity index (χ0) is 17.6. The molecule has 1 heterocycles. The molecule has 0 fully saturated rings. The molecule has 0 unspecified atom stereocenters. The van der Waals surface area contributed by atoms with E-state index in [4.69, 9.17) is 0 Å². The predicted octanol–water partition coefficient (Wildman–Crippen LogP) is 3.85. The summed E-state index contributed by atoms with van der Waals surface area (Å²) in [6.07, 6.45) is 7.76. The van der Waals surface area contributed by atoms with E-state index in [1.807, 2.05) is 32.9 Å². The Kier molecular flexibility index (Phi) is 6.29. The minimum atomic E-state index is -3.50. The van der Waals surface area contributed by atoms with Crippen molar-refractivity contribution in [3.63, 3.8) is 0 Å². The fourth-order valence-corrected chi connectivity index (χ4v) is 3.52. The van der Waals surface area contributed by atoms with Gasteiger partial charge in [0.15, 0.2) is 0 Å². The Morgan fingerprint density at radius 3 is 2.54 bits per heavy atom. The molecule has 24 heavy (non-hydrogen) atoms. The first kappa shape index (κ1) is 18.4. The molecule has 0 saturated heterocycles. The van der Waals surface area contributed by atoms with Crippen LogP contribution in [0.2, 0.25) is 0 Å². The molecule has 3 rings (SSSR count). The van der Waals surface area contributed by atoms with Gasteiger partial charge in [-0.15, -0.1) is 0 Å². The van der Waals surface area contributed by atoms with Gasteiger partial charge in [0, 0.05) is 24.0 Å². The molecule has 0 spiro atoms. The van der Waals surface area contributed by atoms with Gasteiger partial charge in [-0.1, -0.05) is 43.7 Å². The Morgan fingerprint density at radius 2 is 1.83 bits per heavy atom. The van der Waals surface area contributed by atoms with Crippen LogP contribution in [-0.4, -0.2) is 13.4 Å². The topological polar surface area (TPSA) is 59.1 Å². The summed E-state index contributed by atoms with van der Waals surface area (Å²) in [7, 11) is -3.50. The zero-order valence-corrected chi connectivity index (χ0v) is 15.2. The molecule has 1 N–H and O–H groups in total. The second-order valence-corrected chi connectivity index (χ2v) is 7.18. The molecular formula is C19H24N2O2S. The highest BCUT2D eigenvalue weighted by molar-refractivity contribution is 7.89. The SMILES string of the molecule is CC.Cc1ccc(S(=O)(=O)NCc2ccnc3c2C=CCC3)cc1. The molecule has 1 aromatic heterocycles. The number of aromatic nitrogens is 1. The van der Waals surface area contributed by atoms with E-state index in [0.29, 0.717) is 0 Å². The van der Waals surface area contributed by atoms with Crippen LogP contribution >= 0.6 is 0 Å². The van der Waals surface area contributed by atoms with Gasteiger partial charge >= 0.3 is 0 Å². The van der Waals surface area contributed by atoms with Gasteiger partial charge in [0.05, 0.1) is 4.90 Å². The van der Waals surface area contributed by atoms with Crippen molar-refractivity contribution in [2.24, 2.45) is 0 Å². The second-order valence-electron chi connectivity index (χ2n) is 5.41. The standard InChI is InChI=1S/C17H18N2O2S.C2H6/c1-13-6-8-15(9-7-13)22(20,21)19-12-14-10-11-18-17-5-3-2-4-16(14)17;1-2/h2,4,6-11,19H,3,5,12H2,1H3;1-2H3. The summed E-state index contributed by atoms with van der Waals surface area (Å²) in [6, 6.07) is 8.71. The Balaban J connectivity index is 0.00000100. The van der Waals surface area contributed by atoms with E-state index in [1.54, 1.807) is 30.5 Å². The Hall–Kier alpha value is -1.98. The summed E-state index contributed by atoms with van der Waals surface area (Å²) in [5.41, 5.74) is 4.07. The number of sulfonamides is 1. The number of benzene rings is 1. The van der Waals surface area contributed by atoms with Crippen molar-refractivity contribution in [2.75, 3.05) is 0 Å². The molecule has 2 aromatic rings. The molecule has 1 aliphatic carbocycles. The maximum atomic E-state index is 12.3. The quantitative estimate of drug-likeness (QED) is 0.916. The molecule has 1 aromatic carbocycles. The first-order chi connectivity index (χ1) is 11.6. The molecular weight excluding hydrogens is 320 g/mol. The molecule has 0 atom stereocenters. The van der Waals surface area contributed by atoms with E-state index in [9.17, 15) is 8.42 Å². The zero-order valence-electron chi connectivity index (χ0n) is 14.4. The third kappa shape index (κ3) is 4.30. The van der Waals surface area contributed by atoms with Gasteiger partial charge in [0.1, 0.15) is 0 Å². The Bertz CT molecular complexity index is 810. The van der Waals surface area contributed by atoms with Crippen LogP contribution in [-0.2, 0) is 23.0 Å². The minimum Gasteiger partial charge on any atom is -0.261 e. The highest BCUT2D eigenvalue weighted by Gasteiger charge is 2.16. The van der Waals surface area contributed by atoms with Gasteiger partial charge in [-0.05, 0) is 43.5 Å². The smallest absolute Gasteiger partial charge is 0.240 e. The van der Waals surface area contributed by atoms with E-state index in [-0.39, 0.29) is 11.4 Å². The fourth-order valence-electron chi connectivity index (χ4n) is 2.51. The molecule has 128 valence electrons. The average Bonchev–Trinajstić information content (AvgIpc) is 2.62. The third-order valence-corrected chi connectivity index (χ3v) is 5.20. The van der Waals surface area contributed by atoms with Crippen LogP contribution in [0.4, 0.5) is 0 Å². The van der Waals surface area contributed by atoms with E-state index in [2.05, 4.69) is 15.8 Å². The number of hydrogen-bond donors (Lipinski definition) is 1. The van der Waals surface area contributed by atoms with Crippen LogP contribution in [0, 0.1) is 6.92 Å². The molecule has 0 aliphatic heterocycles. The van der Waals surface area contributed by atoms with Crippen LogP contribution in [0.15, 0.2) is 47.5 Å². The van der Waals surface area contributed by atoms with Gasteiger partial charge < -0.3 is 0 Å². The number of rotatable bonds is 4. The van der Waals surface area contributed by atoms with Crippen molar-refractivity contribution < 1.29 is 8.42 Å². The number of aryl methyl sites for hydroxylation is 2. The van der Waals surface area contributed by atoms with Crippen LogP contribution in [0.3, 0.4) is 0 Å². The Labute approximate surface area is 144 Å². The molecule has 1 aliphatic rings. The van der Waals surface area contributed by atoms with Crippen LogP contribution in [0.1, 0.15) is 42.7 Å². The molecule has 0 radical (unpaired) electrons. The van der Waals surface area contributed by atoms with E-state index in [1.165, 1.54) is 0 Å². The van der Waals surface area contributed by atoms with Gasteiger partial charge in [0.2, 0.25) is 10.0 Å². The van der Waals surface area contributed by atoms with Crippen LogP contribution in [0.25, 0.3) is 6.08 Å². The van der Waals surface area contributed by atoms with Gasteiger partial charge in [0.25, 0.3) is 0 Å². The Morgan fingerprint density at radius 1 is 1.12 bits per heavy atom. The number of nitrogens with one attached hydrogen (secondary N) is 1. The summed E-state index contributed by atoms with van der Waals surface area (Å²) in [5.74, 6) is 0. The first-order valence-electron chi connectivity index (χ1n) is 8.26. The summed E-state index contributed by atoms with van der Waals surface area (Å²) < 4.78 is 27.4. The normalized spacial score (nSPS) is 13.0. The summed E-state index contributed by atoms with van der Waals surface area (Å²) in [6.45, 7) is 6.20. The van der Waals surface area contributed by atoms with Gasteiger partial charge in [-0.25, -0.2) is 13.1 Å². The predicted molar refractivity (Wildman–Crippen MR) is 98.1 cm³/mol. The molecule has 0 bridgehead atoms. The summed E-state index contributed by atoms with van der Waals surface area (Å²) in [4.78, 5) is 4.65. The van der Waals surface area contributed by atoms with Crippen molar-refractivity contribution >= 4 is 16.1 Å². The molecule has 5 heteroatoms. The van der Waals surface area contributed by atoms with Crippen molar-refractivity contribution in [1.29, 1.82) is 0 Å². The van der Waals surface area contributed by atoms with Crippen LogP contribution in [0.5, 0.6) is 0 Å². The average molecular weight is 344 g/mol. The largest absolute Gasteiger partial charge is 0.261 e. The lowest BCUT2D eigenvalue weighted by Gasteiger charge is -2.14. The number of pyridine rings is 1. The number of nitrogens with zero attached hydrogens (tertiary/aromatic N) is 1. The second kappa shape index (κ2) is 8.22. The maximum Gasteiger partial charge on any atom is 0.240 e. The van der Waals surface area contributed by atoms with Gasteiger partial charge in [-0.3, -0.25) is 4.98 Å². The number of allylic oxidation sites excluding steroid dienone is 1. The van der Waals surface area contributed by atoms with Crippen molar-refractivity contribution in [2.45, 2.75) is 45.1 Å². The van der Waals surface area contributed by atoms with E-state index >= 15 is 0 Å². The maximum absolute atomic E-state index is 12.3. The highest BCUT2D eigenvalue weighted by Crippen LogP contribution is 2.21. The first-order valence-corrected chi connectivity index (χ1v) is 9.74. The lowest BCUT2D eigenvalue weighted by Crippen LogP contribution is -2.24. The lowest BCUT2D eigenvalue weighted by atomic mass is 9.98. The van der Waals surface area contributed by atoms with Crippen molar-refractivity contribution in [3.05, 3.63) is 65.0 Å². The number of hydrogen-bond acceptors (Lipinski definition) is 3. The van der Waals surface area contributed by atoms with E-state index < -0.39 is 10.0 Å². The summed E-state index contributed by atoms with van der Waals surface area (Å²) in [5, 5.41) is 0. The number of fused-ring (bicyclic) bond motifs is 1. The monoisotopic (exact) mass is 344 g/mol.